The molecule has 0 aliphatic rings. The average Bonchev–Trinajstić information content (AvgIpc) is 2.39. The van der Waals surface area contributed by atoms with E-state index in [0.29, 0.717) is 17.3 Å². The number of esters is 1. The van der Waals surface area contributed by atoms with Gasteiger partial charge in [0.2, 0.25) is 0 Å². The molecule has 0 bridgehead atoms. The zero-order chi connectivity index (χ0) is 16.0. The summed E-state index contributed by atoms with van der Waals surface area (Å²) in [4.78, 5) is 11.8. The topological polar surface area (TPSA) is 38.3 Å². The predicted octanol–water partition coefficient (Wildman–Crippen LogP) is 4.61. The van der Waals surface area contributed by atoms with Crippen molar-refractivity contribution in [1.82, 2.24) is 0 Å². The summed E-state index contributed by atoms with van der Waals surface area (Å²) in [5.74, 6) is -0.469. The summed E-state index contributed by atoms with van der Waals surface area (Å²) in [6.45, 7) is 3.79. The fourth-order valence-corrected chi connectivity index (χ4v) is 2.14. The highest BCUT2D eigenvalue weighted by Gasteiger charge is 2.31. The molecule has 0 radical (unpaired) electrons. The molecule has 1 aromatic carbocycles. The van der Waals surface area contributed by atoms with Gasteiger partial charge in [0.25, 0.3) is 0 Å². The largest absolute Gasteiger partial charge is 0.464 e. The lowest BCUT2D eigenvalue weighted by Crippen LogP contribution is -2.31. The van der Waals surface area contributed by atoms with Gasteiger partial charge in [-0.05, 0) is 47.5 Å². The second-order valence-corrected chi connectivity index (χ2v) is 5.28. The fourth-order valence-electron chi connectivity index (χ4n) is 1.78. The third kappa shape index (κ3) is 5.22. The van der Waals surface area contributed by atoms with Crippen molar-refractivity contribution >= 4 is 27.6 Å². The van der Waals surface area contributed by atoms with Crippen molar-refractivity contribution in [3.63, 3.8) is 0 Å². The minimum Gasteiger partial charge on any atom is -0.464 e. The Morgan fingerprint density at radius 1 is 1.38 bits per heavy atom. The first-order valence-electron chi connectivity index (χ1n) is 6.59. The molecule has 0 heterocycles. The van der Waals surface area contributed by atoms with Gasteiger partial charge >= 0.3 is 12.1 Å². The van der Waals surface area contributed by atoms with Crippen LogP contribution in [0.15, 0.2) is 22.7 Å². The number of anilines is 1. The molecule has 0 saturated heterocycles. The van der Waals surface area contributed by atoms with Crippen LogP contribution in [0.1, 0.15) is 32.3 Å². The van der Waals surface area contributed by atoms with Gasteiger partial charge in [0.15, 0.2) is 0 Å². The minimum atomic E-state index is -4.43. The second-order valence-electron chi connectivity index (χ2n) is 4.43. The Morgan fingerprint density at radius 3 is 2.57 bits per heavy atom. The van der Waals surface area contributed by atoms with Gasteiger partial charge in [-0.1, -0.05) is 13.3 Å². The van der Waals surface area contributed by atoms with Crippen LogP contribution in [0.3, 0.4) is 0 Å². The van der Waals surface area contributed by atoms with Gasteiger partial charge in [-0.25, -0.2) is 4.79 Å². The van der Waals surface area contributed by atoms with Gasteiger partial charge in [-0.3, -0.25) is 0 Å². The van der Waals surface area contributed by atoms with E-state index < -0.39 is 23.8 Å². The van der Waals surface area contributed by atoms with E-state index >= 15 is 0 Å². The molecule has 0 spiro atoms. The molecule has 0 aliphatic heterocycles. The summed E-state index contributed by atoms with van der Waals surface area (Å²) in [5, 5.41) is 2.82. The molecule has 21 heavy (non-hydrogen) atoms. The van der Waals surface area contributed by atoms with Crippen molar-refractivity contribution in [1.29, 1.82) is 0 Å². The third-order valence-electron chi connectivity index (χ3n) is 2.77. The van der Waals surface area contributed by atoms with E-state index in [1.54, 1.807) is 6.92 Å². The van der Waals surface area contributed by atoms with Gasteiger partial charge in [0, 0.05) is 10.2 Å². The Labute approximate surface area is 130 Å². The van der Waals surface area contributed by atoms with Gasteiger partial charge in [0.1, 0.15) is 6.04 Å². The molecule has 1 N–H and O–H groups in total. The van der Waals surface area contributed by atoms with Gasteiger partial charge < -0.3 is 10.1 Å². The van der Waals surface area contributed by atoms with Crippen molar-refractivity contribution in [2.45, 2.75) is 38.9 Å². The van der Waals surface area contributed by atoms with E-state index in [0.717, 1.165) is 12.1 Å². The van der Waals surface area contributed by atoms with Crippen molar-refractivity contribution in [2.75, 3.05) is 11.9 Å². The maximum Gasteiger partial charge on any atom is 0.416 e. The lowest BCUT2D eigenvalue weighted by molar-refractivity contribution is -0.144. The Bertz CT molecular complexity index is 492. The number of ether oxygens (including phenoxy) is 1. The van der Waals surface area contributed by atoms with Crippen LogP contribution in [-0.2, 0) is 15.7 Å². The van der Waals surface area contributed by atoms with Crippen LogP contribution in [0.5, 0.6) is 0 Å². The molecular formula is C14H17BrF3NO2. The molecule has 1 atom stereocenters. The summed E-state index contributed by atoms with van der Waals surface area (Å²) in [6.07, 6.45) is -3.25. The Balaban J connectivity index is 3.00. The maximum absolute atomic E-state index is 12.7. The molecule has 1 unspecified atom stereocenters. The number of hydrogen-bond donors (Lipinski definition) is 1. The summed E-state index contributed by atoms with van der Waals surface area (Å²) in [7, 11) is 0. The Morgan fingerprint density at radius 2 is 2.05 bits per heavy atom. The first kappa shape index (κ1) is 17.8. The number of rotatable bonds is 6. The van der Waals surface area contributed by atoms with Gasteiger partial charge in [-0.2, -0.15) is 13.2 Å². The summed E-state index contributed by atoms with van der Waals surface area (Å²) < 4.78 is 43.6. The normalized spacial score (nSPS) is 12.9. The number of halogens is 4. The number of nitrogens with one attached hydrogen (secondary N) is 1. The van der Waals surface area contributed by atoms with Crippen molar-refractivity contribution in [3.8, 4) is 0 Å². The lowest BCUT2D eigenvalue weighted by atomic mass is 10.1. The molecule has 118 valence electrons. The second kappa shape index (κ2) is 7.68. The van der Waals surface area contributed by atoms with Crippen molar-refractivity contribution in [3.05, 3.63) is 28.2 Å². The Hall–Kier alpha value is -1.24. The van der Waals surface area contributed by atoms with Crippen molar-refractivity contribution < 1.29 is 22.7 Å². The van der Waals surface area contributed by atoms with Crippen LogP contribution in [0.2, 0.25) is 0 Å². The summed E-state index contributed by atoms with van der Waals surface area (Å²) >= 11 is 3.18. The maximum atomic E-state index is 12.7. The molecule has 1 rings (SSSR count). The lowest BCUT2D eigenvalue weighted by Gasteiger charge is -2.19. The molecular weight excluding hydrogens is 351 g/mol. The van der Waals surface area contributed by atoms with E-state index in [2.05, 4.69) is 21.2 Å². The van der Waals surface area contributed by atoms with Crippen LogP contribution in [0, 0.1) is 0 Å². The Kier molecular flexibility index (Phi) is 6.51. The zero-order valence-corrected chi connectivity index (χ0v) is 13.3. The highest BCUT2D eigenvalue weighted by molar-refractivity contribution is 9.10. The highest BCUT2D eigenvalue weighted by atomic mass is 79.9. The smallest absolute Gasteiger partial charge is 0.416 e. The SMILES string of the molecule is CCCC(Nc1cc(C(F)(F)F)ccc1Br)C(=O)OCC. The number of benzene rings is 1. The first-order valence-corrected chi connectivity index (χ1v) is 7.38. The molecule has 0 saturated carbocycles. The van der Waals surface area contributed by atoms with Crippen LogP contribution < -0.4 is 5.32 Å². The fraction of sp³-hybridized carbons (Fsp3) is 0.500. The third-order valence-corrected chi connectivity index (χ3v) is 3.46. The molecule has 3 nitrogen and oxygen atoms in total. The number of hydrogen-bond acceptors (Lipinski definition) is 3. The number of carbonyl (C=O) groups is 1. The first-order chi connectivity index (χ1) is 9.79. The molecule has 1 aromatic rings. The molecule has 0 fully saturated rings. The molecule has 0 amide bonds. The average molecular weight is 368 g/mol. The molecule has 0 aliphatic carbocycles. The number of carbonyl (C=O) groups excluding carboxylic acids is 1. The van der Waals surface area contributed by atoms with E-state index in [1.807, 2.05) is 6.92 Å². The monoisotopic (exact) mass is 367 g/mol. The van der Waals surface area contributed by atoms with E-state index in [9.17, 15) is 18.0 Å². The number of alkyl halides is 3. The summed E-state index contributed by atoms with van der Waals surface area (Å²) in [5.41, 5.74) is -0.552. The molecule has 0 aromatic heterocycles. The van der Waals surface area contributed by atoms with Crippen LogP contribution in [0.4, 0.5) is 18.9 Å². The van der Waals surface area contributed by atoms with E-state index in [1.165, 1.54) is 6.07 Å². The van der Waals surface area contributed by atoms with Gasteiger partial charge in [0.05, 0.1) is 12.2 Å². The highest BCUT2D eigenvalue weighted by Crippen LogP contribution is 2.34. The summed E-state index contributed by atoms with van der Waals surface area (Å²) in [6, 6.07) is 2.59. The van der Waals surface area contributed by atoms with Crippen LogP contribution in [-0.4, -0.2) is 18.6 Å². The van der Waals surface area contributed by atoms with Crippen LogP contribution >= 0.6 is 15.9 Å². The van der Waals surface area contributed by atoms with E-state index in [-0.39, 0.29) is 12.3 Å². The predicted molar refractivity (Wildman–Crippen MR) is 78.1 cm³/mol. The van der Waals surface area contributed by atoms with Gasteiger partial charge in [-0.15, -0.1) is 0 Å². The standard InChI is InChI=1S/C14H17BrF3NO2/c1-3-5-11(13(20)21-4-2)19-12-8-9(14(16,17)18)6-7-10(12)15/h6-8,11,19H,3-5H2,1-2H3. The van der Waals surface area contributed by atoms with Crippen molar-refractivity contribution in [2.24, 2.45) is 0 Å². The molecule has 7 heteroatoms. The zero-order valence-electron chi connectivity index (χ0n) is 11.8. The quantitative estimate of drug-likeness (QED) is 0.746. The van der Waals surface area contributed by atoms with Crippen LogP contribution in [0.25, 0.3) is 0 Å². The minimum absolute atomic E-state index is 0.219. The van der Waals surface area contributed by atoms with E-state index in [4.69, 9.17) is 4.74 Å².